The third kappa shape index (κ3) is 3.42. The summed E-state index contributed by atoms with van der Waals surface area (Å²) in [6, 6.07) is 8.56. The molecule has 1 heterocycles. The monoisotopic (exact) mass is 287 g/mol. The summed E-state index contributed by atoms with van der Waals surface area (Å²) in [5, 5.41) is 2.79. The number of hydrogen-bond acceptors (Lipinski definition) is 5. The molecule has 21 heavy (non-hydrogen) atoms. The van der Waals surface area contributed by atoms with E-state index in [9.17, 15) is 4.79 Å². The van der Waals surface area contributed by atoms with Crippen LogP contribution in [0.4, 0.5) is 5.69 Å². The van der Waals surface area contributed by atoms with Crippen molar-refractivity contribution >= 4 is 11.6 Å². The Bertz CT molecular complexity index is 644. The van der Waals surface area contributed by atoms with Gasteiger partial charge in [-0.05, 0) is 24.3 Å². The van der Waals surface area contributed by atoms with Gasteiger partial charge in [-0.15, -0.1) is 0 Å². The van der Waals surface area contributed by atoms with Gasteiger partial charge in [-0.25, -0.2) is 4.98 Å². The predicted molar refractivity (Wildman–Crippen MR) is 79.4 cm³/mol. The van der Waals surface area contributed by atoms with Crippen LogP contribution in [0.3, 0.4) is 0 Å². The van der Waals surface area contributed by atoms with Crippen molar-refractivity contribution in [2.45, 2.75) is 6.54 Å². The SMILES string of the molecule is COc1ccc(N)c(C(=O)NCc2cccnc2OC)c1. The maximum atomic E-state index is 12.2. The van der Waals surface area contributed by atoms with Crippen molar-refractivity contribution in [3.63, 3.8) is 0 Å². The molecule has 0 radical (unpaired) electrons. The molecule has 0 atom stereocenters. The van der Waals surface area contributed by atoms with Crippen LogP contribution in [0.25, 0.3) is 0 Å². The molecule has 6 nitrogen and oxygen atoms in total. The Hall–Kier alpha value is -2.76. The van der Waals surface area contributed by atoms with Crippen LogP contribution in [0.1, 0.15) is 15.9 Å². The summed E-state index contributed by atoms with van der Waals surface area (Å²) < 4.78 is 10.2. The Labute approximate surface area is 122 Å². The molecule has 0 spiro atoms. The molecule has 3 N–H and O–H groups in total. The number of nitrogen functional groups attached to an aromatic ring is 1. The van der Waals surface area contributed by atoms with E-state index in [4.69, 9.17) is 15.2 Å². The molecule has 0 saturated carbocycles. The zero-order chi connectivity index (χ0) is 15.2. The van der Waals surface area contributed by atoms with Gasteiger partial charge in [0.1, 0.15) is 5.75 Å². The van der Waals surface area contributed by atoms with Gasteiger partial charge in [-0.1, -0.05) is 6.07 Å². The molecule has 6 heteroatoms. The number of hydrogen-bond donors (Lipinski definition) is 2. The minimum atomic E-state index is -0.280. The molecular weight excluding hydrogens is 270 g/mol. The number of ether oxygens (including phenoxy) is 2. The highest BCUT2D eigenvalue weighted by Crippen LogP contribution is 2.20. The fourth-order valence-corrected chi connectivity index (χ4v) is 1.87. The number of rotatable bonds is 5. The second-order valence-electron chi connectivity index (χ2n) is 4.31. The lowest BCUT2D eigenvalue weighted by molar-refractivity contribution is 0.0951. The highest BCUT2D eigenvalue weighted by atomic mass is 16.5. The van der Waals surface area contributed by atoms with Crippen molar-refractivity contribution in [2.75, 3.05) is 20.0 Å². The Balaban J connectivity index is 2.11. The summed E-state index contributed by atoms with van der Waals surface area (Å²) in [5.74, 6) is 0.780. The number of carbonyl (C=O) groups excluding carboxylic acids is 1. The molecule has 110 valence electrons. The van der Waals surface area contributed by atoms with E-state index in [1.165, 1.54) is 14.2 Å². The van der Waals surface area contributed by atoms with E-state index in [1.54, 1.807) is 30.5 Å². The zero-order valence-electron chi connectivity index (χ0n) is 11.9. The van der Waals surface area contributed by atoms with Gasteiger partial charge in [0.2, 0.25) is 5.88 Å². The average molecular weight is 287 g/mol. The number of anilines is 1. The number of aromatic nitrogens is 1. The van der Waals surface area contributed by atoms with Gasteiger partial charge in [0.15, 0.2) is 0 Å². The van der Waals surface area contributed by atoms with Crippen LogP contribution in [0, 0.1) is 0 Å². The summed E-state index contributed by atoms with van der Waals surface area (Å²) >= 11 is 0. The Kier molecular flexibility index (Phi) is 4.61. The van der Waals surface area contributed by atoms with Crippen molar-refractivity contribution in [3.05, 3.63) is 47.7 Å². The maximum absolute atomic E-state index is 12.2. The molecule has 0 unspecified atom stereocenters. The van der Waals surface area contributed by atoms with Crippen LogP contribution in [-0.2, 0) is 6.54 Å². The molecule has 0 fully saturated rings. The van der Waals surface area contributed by atoms with Gasteiger partial charge in [0.05, 0.1) is 19.8 Å². The van der Waals surface area contributed by atoms with Crippen LogP contribution in [-0.4, -0.2) is 25.1 Å². The zero-order valence-corrected chi connectivity index (χ0v) is 11.9. The lowest BCUT2D eigenvalue weighted by atomic mass is 10.1. The third-order valence-corrected chi connectivity index (χ3v) is 2.99. The van der Waals surface area contributed by atoms with Crippen LogP contribution in [0.2, 0.25) is 0 Å². The first-order valence-electron chi connectivity index (χ1n) is 6.35. The molecule has 2 aromatic rings. The molecule has 1 amide bonds. The molecule has 1 aromatic carbocycles. The first kappa shape index (κ1) is 14.6. The highest BCUT2D eigenvalue weighted by Gasteiger charge is 2.12. The number of nitrogens with two attached hydrogens (primary N) is 1. The second-order valence-corrected chi connectivity index (χ2v) is 4.31. The van der Waals surface area contributed by atoms with E-state index in [2.05, 4.69) is 10.3 Å². The molecule has 0 aliphatic heterocycles. The van der Waals surface area contributed by atoms with E-state index >= 15 is 0 Å². The lowest BCUT2D eigenvalue weighted by Crippen LogP contribution is -2.24. The topological polar surface area (TPSA) is 86.5 Å². The fraction of sp³-hybridized carbons (Fsp3) is 0.200. The van der Waals surface area contributed by atoms with Gasteiger partial charge < -0.3 is 20.5 Å². The summed E-state index contributed by atoms with van der Waals surface area (Å²) in [7, 11) is 3.07. The standard InChI is InChI=1S/C15H17N3O3/c1-20-11-5-6-13(16)12(8-11)14(19)18-9-10-4-3-7-17-15(10)21-2/h3-8H,9,16H2,1-2H3,(H,18,19). The van der Waals surface area contributed by atoms with E-state index in [0.29, 0.717) is 29.4 Å². The number of carbonyl (C=O) groups is 1. The molecule has 0 aliphatic rings. The summed E-state index contributed by atoms with van der Waals surface area (Å²) in [6.45, 7) is 0.298. The van der Waals surface area contributed by atoms with Crippen molar-refractivity contribution in [1.82, 2.24) is 10.3 Å². The second kappa shape index (κ2) is 6.60. The third-order valence-electron chi connectivity index (χ3n) is 2.99. The molecule has 2 rings (SSSR count). The largest absolute Gasteiger partial charge is 0.497 e. The van der Waals surface area contributed by atoms with E-state index in [0.717, 1.165) is 5.56 Å². The Morgan fingerprint density at radius 3 is 2.81 bits per heavy atom. The van der Waals surface area contributed by atoms with Crippen LogP contribution in [0.5, 0.6) is 11.6 Å². The predicted octanol–water partition coefficient (Wildman–Crippen LogP) is 1.61. The van der Waals surface area contributed by atoms with Gasteiger partial charge >= 0.3 is 0 Å². The van der Waals surface area contributed by atoms with Gasteiger partial charge in [-0.3, -0.25) is 4.79 Å². The van der Waals surface area contributed by atoms with Crippen molar-refractivity contribution < 1.29 is 14.3 Å². The van der Waals surface area contributed by atoms with Crippen molar-refractivity contribution in [2.24, 2.45) is 0 Å². The van der Waals surface area contributed by atoms with Gasteiger partial charge in [0.25, 0.3) is 5.91 Å². The molecule has 0 saturated heterocycles. The van der Waals surface area contributed by atoms with Gasteiger partial charge in [0, 0.05) is 24.0 Å². The van der Waals surface area contributed by atoms with Crippen molar-refractivity contribution in [1.29, 1.82) is 0 Å². The number of nitrogens with zero attached hydrogens (tertiary/aromatic N) is 1. The quantitative estimate of drug-likeness (QED) is 0.816. The maximum Gasteiger partial charge on any atom is 0.253 e. The molecule has 1 aromatic heterocycles. The first-order chi connectivity index (χ1) is 10.2. The Morgan fingerprint density at radius 1 is 1.29 bits per heavy atom. The Morgan fingerprint density at radius 2 is 2.10 bits per heavy atom. The van der Waals surface area contributed by atoms with Crippen LogP contribution in [0.15, 0.2) is 36.5 Å². The minimum Gasteiger partial charge on any atom is -0.497 e. The lowest BCUT2D eigenvalue weighted by Gasteiger charge is -2.10. The van der Waals surface area contributed by atoms with Crippen LogP contribution >= 0.6 is 0 Å². The minimum absolute atomic E-state index is 0.280. The van der Waals surface area contributed by atoms with Crippen LogP contribution < -0.4 is 20.5 Å². The smallest absolute Gasteiger partial charge is 0.253 e. The van der Waals surface area contributed by atoms with E-state index < -0.39 is 0 Å². The first-order valence-corrected chi connectivity index (χ1v) is 6.35. The molecular formula is C15H17N3O3. The normalized spacial score (nSPS) is 10.0. The fourth-order valence-electron chi connectivity index (χ4n) is 1.87. The van der Waals surface area contributed by atoms with E-state index in [-0.39, 0.29) is 5.91 Å². The summed E-state index contributed by atoms with van der Waals surface area (Å²) in [5.41, 5.74) is 7.37. The number of benzene rings is 1. The number of pyridine rings is 1. The summed E-state index contributed by atoms with van der Waals surface area (Å²) in [4.78, 5) is 16.3. The van der Waals surface area contributed by atoms with Crippen molar-refractivity contribution in [3.8, 4) is 11.6 Å². The molecule has 0 aliphatic carbocycles. The number of methoxy groups -OCH3 is 2. The number of amides is 1. The highest BCUT2D eigenvalue weighted by molar-refractivity contribution is 5.99. The van der Waals surface area contributed by atoms with Gasteiger partial charge in [-0.2, -0.15) is 0 Å². The number of nitrogens with one attached hydrogen (secondary N) is 1. The summed E-state index contributed by atoms with van der Waals surface area (Å²) in [6.07, 6.45) is 1.63. The average Bonchev–Trinajstić information content (AvgIpc) is 2.53. The van der Waals surface area contributed by atoms with E-state index in [1.807, 2.05) is 6.07 Å². The molecule has 0 bridgehead atoms.